The Morgan fingerprint density at radius 3 is 2.71 bits per heavy atom. The molecule has 0 radical (unpaired) electrons. The molecular weight excluding hydrogens is 223 g/mol. The predicted octanol–water partition coefficient (Wildman–Crippen LogP) is 1.31. The molecule has 0 saturated carbocycles. The van der Waals surface area contributed by atoms with Gasteiger partial charge in [-0.1, -0.05) is 13.3 Å². The van der Waals surface area contributed by atoms with Crippen LogP contribution in [-0.2, 0) is 6.61 Å². The second-order valence-corrected chi connectivity index (χ2v) is 3.86. The molecule has 1 aromatic rings. The lowest BCUT2D eigenvalue weighted by molar-refractivity contribution is 0.279. The Balaban J connectivity index is 2.91. The Hall–Kier alpha value is -1.20. The number of rotatable bonds is 7. The van der Waals surface area contributed by atoms with Crippen molar-refractivity contribution in [1.29, 1.82) is 0 Å². The molecule has 0 fully saturated rings. The molecule has 96 valence electrons. The average Bonchev–Trinajstić information content (AvgIpc) is 2.34. The monoisotopic (exact) mass is 242 g/mol. The first kappa shape index (κ1) is 13.9. The van der Waals surface area contributed by atoms with Crippen LogP contribution in [0.25, 0.3) is 0 Å². The molecule has 0 amide bonds. The fourth-order valence-electron chi connectivity index (χ4n) is 1.67. The topological polar surface area (TPSA) is 56.6 Å². The molecule has 0 saturated heterocycles. The molecule has 1 heterocycles. The van der Waals surface area contributed by atoms with Crippen molar-refractivity contribution in [3.63, 3.8) is 0 Å². The standard InChI is InChI=1S/C12H19FN2O2/c1-2-3-4-15(5-6-16)12-10(9-17)7-11(13)8-14-12/h7-8,16-17H,2-6,9H2,1H3. The first-order valence-corrected chi connectivity index (χ1v) is 5.84. The zero-order valence-electron chi connectivity index (χ0n) is 10.1. The highest BCUT2D eigenvalue weighted by Gasteiger charge is 2.12. The summed E-state index contributed by atoms with van der Waals surface area (Å²) < 4.78 is 13.0. The molecule has 4 nitrogen and oxygen atoms in total. The average molecular weight is 242 g/mol. The lowest BCUT2D eigenvalue weighted by atomic mass is 10.2. The van der Waals surface area contributed by atoms with Gasteiger partial charge in [0.2, 0.25) is 0 Å². The van der Waals surface area contributed by atoms with Crippen LogP contribution in [0.15, 0.2) is 12.3 Å². The predicted molar refractivity (Wildman–Crippen MR) is 64.3 cm³/mol. The van der Waals surface area contributed by atoms with Gasteiger partial charge in [-0.05, 0) is 12.5 Å². The molecule has 0 aliphatic carbocycles. The van der Waals surface area contributed by atoms with Gasteiger partial charge in [0.05, 0.1) is 19.4 Å². The molecular formula is C12H19FN2O2. The van der Waals surface area contributed by atoms with E-state index in [0.717, 1.165) is 25.6 Å². The number of pyridine rings is 1. The van der Waals surface area contributed by atoms with E-state index in [9.17, 15) is 9.50 Å². The van der Waals surface area contributed by atoms with E-state index in [1.807, 2.05) is 4.90 Å². The summed E-state index contributed by atoms with van der Waals surface area (Å²) in [7, 11) is 0. The molecule has 2 N–H and O–H groups in total. The minimum atomic E-state index is -0.461. The molecule has 17 heavy (non-hydrogen) atoms. The van der Waals surface area contributed by atoms with Gasteiger partial charge in [0, 0.05) is 18.7 Å². The molecule has 0 atom stereocenters. The molecule has 0 aliphatic rings. The van der Waals surface area contributed by atoms with Gasteiger partial charge in [0.15, 0.2) is 0 Å². The number of anilines is 1. The first-order chi connectivity index (χ1) is 8.22. The van der Waals surface area contributed by atoms with Crippen molar-refractivity contribution in [3.05, 3.63) is 23.6 Å². The van der Waals surface area contributed by atoms with Crippen LogP contribution in [-0.4, -0.2) is 34.9 Å². The fraction of sp³-hybridized carbons (Fsp3) is 0.583. The maximum atomic E-state index is 13.0. The molecule has 0 bridgehead atoms. The maximum Gasteiger partial charge on any atom is 0.142 e. The van der Waals surface area contributed by atoms with Gasteiger partial charge in [-0.15, -0.1) is 0 Å². The van der Waals surface area contributed by atoms with Gasteiger partial charge < -0.3 is 15.1 Å². The number of unbranched alkanes of at least 4 members (excludes halogenated alkanes) is 1. The number of aliphatic hydroxyl groups excluding tert-OH is 2. The number of aromatic nitrogens is 1. The second-order valence-electron chi connectivity index (χ2n) is 3.86. The van der Waals surface area contributed by atoms with E-state index < -0.39 is 5.82 Å². The van der Waals surface area contributed by atoms with Gasteiger partial charge in [-0.25, -0.2) is 9.37 Å². The SMILES string of the molecule is CCCCN(CCO)c1ncc(F)cc1CO. The Bertz CT molecular complexity index is 347. The van der Waals surface area contributed by atoms with E-state index in [-0.39, 0.29) is 13.2 Å². The van der Waals surface area contributed by atoms with E-state index in [1.165, 1.54) is 6.07 Å². The first-order valence-electron chi connectivity index (χ1n) is 5.84. The Kier molecular flexibility index (Phi) is 5.86. The minimum Gasteiger partial charge on any atom is -0.395 e. The summed E-state index contributed by atoms with van der Waals surface area (Å²) in [6, 6.07) is 1.28. The van der Waals surface area contributed by atoms with E-state index in [1.54, 1.807) is 0 Å². The number of aliphatic hydroxyl groups is 2. The molecule has 1 aromatic heterocycles. The molecule has 5 heteroatoms. The third kappa shape index (κ3) is 3.94. The van der Waals surface area contributed by atoms with E-state index in [2.05, 4.69) is 11.9 Å². The summed E-state index contributed by atoms with van der Waals surface area (Å²) in [4.78, 5) is 5.87. The Morgan fingerprint density at radius 1 is 1.35 bits per heavy atom. The van der Waals surface area contributed by atoms with Crippen molar-refractivity contribution in [3.8, 4) is 0 Å². The van der Waals surface area contributed by atoms with Crippen LogP contribution in [0.4, 0.5) is 10.2 Å². The smallest absolute Gasteiger partial charge is 0.142 e. The highest BCUT2D eigenvalue weighted by atomic mass is 19.1. The van der Waals surface area contributed by atoms with Gasteiger partial charge >= 0.3 is 0 Å². The highest BCUT2D eigenvalue weighted by molar-refractivity contribution is 5.46. The van der Waals surface area contributed by atoms with Gasteiger partial charge in [0.1, 0.15) is 11.6 Å². The Labute approximate surface area is 101 Å². The maximum absolute atomic E-state index is 13.0. The number of nitrogens with zero attached hydrogens (tertiary/aromatic N) is 2. The van der Waals surface area contributed by atoms with Gasteiger partial charge in [-0.3, -0.25) is 0 Å². The largest absolute Gasteiger partial charge is 0.395 e. The van der Waals surface area contributed by atoms with Crippen molar-refractivity contribution in [2.75, 3.05) is 24.6 Å². The molecule has 0 aliphatic heterocycles. The normalized spacial score (nSPS) is 10.6. The summed E-state index contributed by atoms with van der Waals surface area (Å²) in [5, 5.41) is 18.2. The summed E-state index contributed by atoms with van der Waals surface area (Å²) in [5.41, 5.74) is 0.453. The molecule has 0 unspecified atom stereocenters. The second kappa shape index (κ2) is 7.19. The van der Waals surface area contributed by atoms with Crippen molar-refractivity contribution >= 4 is 5.82 Å². The van der Waals surface area contributed by atoms with Crippen molar-refractivity contribution in [1.82, 2.24) is 4.98 Å². The lowest BCUT2D eigenvalue weighted by Crippen LogP contribution is -2.29. The summed E-state index contributed by atoms with van der Waals surface area (Å²) in [5.74, 6) is 0.0913. The summed E-state index contributed by atoms with van der Waals surface area (Å²) in [6.45, 7) is 3.00. The van der Waals surface area contributed by atoms with Gasteiger partial charge in [-0.2, -0.15) is 0 Å². The van der Waals surface area contributed by atoms with Crippen LogP contribution in [0.5, 0.6) is 0 Å². The third-order valence-corrected chi connectivity index (χ3v) is 2.53. The van der Waals surface area contributed by atoms with Gasteiger partial charge in [0.25, 0.3) is 0 Å². The van der Waals surface area contributed by atoms with Crippen molar-refractivity contribution < 1.29 is 14.6 Å². The van der Waals surface area contributed by atoms with Crippen LogP contribution in [0.2, 0.25) is 0 Å². The highest BCUT2D eigenvalue weighted by Crippen LogP contribution is 2.19. The zero-order valence-corrected chi connectivity index (χ0v) is 10.1. The third-order valence-electron chi connectivity index (χ3n) is 2.53. The van der Waals surface area contributed by atoms with Crippen molar-refractivity contribution in [2.45, 2.75) is 26.4 Å². The van der Waals surface area contributed by atoms with Crippen molar-refractivity contribution in [2.24, 2.45) is 0 Å². The number of hydrogen-bond donors (Lipinski definition) is 2. The lowest BCUT2D eigenvalue weighted by Gasteiger charge is -2.24. The molecule has 0 spiro atoms. The number of hydrogen-bond acceptors (Lipinski definition) is 4. The fourth-order valence-corrected chi connectivity index (χ4v) is 1.67. The molecule has 1 rings (SSSR count). The van der Waals surface area contributed by atoms with E-state index in [0.29, 0.717) is 17.9 Å². The summed E-state index contributed by atoms with van der Waals surface area (Å²) >= 11 is 0. The van der Waals surface area contributed by atoms with Crippen LogP contribution in [0.1, 0.15) is 25.3 Å². The van der Waals surface area contributed by atoms with Crippen LogP contribution in [0.3, 0.4) is 0 Å². The number of halogens is 1. The zero-order chi connectivity index (χ0) is 12.7. The van der Waals surface area contributed by atoms with Crippen LogP contribution >= 0.6 is 0 Å². The van der Waals surface area contributed by atoms with E-state index >= 15 is 0 Å². The summed E-state index contributed by atoms with van der Waals surface area (Å²) in [6.07, 6.45) is 3.12. The Morgan fingerprint density at radius 2 is 2.12 bits per heavy atom. The van der Waals surface area contributed by atoms with E-state index in [4.69, 9.17) is 5.11 Å². The quantitative estimate of drug-likeness (QED) is 0.757. The molecule has 0 aromatic carbocycles. The minimum absolute atomic E-state index is 0.00758. The van der Waals surface area contributed by atoms with Crippen LogP contribution < -0.4 is 4.90 Å². The van der Waals surface area contributed by atoms with Crippen LogP contribution in [0, 0.1) is 5.82 Å².